The number of aromatic nitrogens is 1. The molecule has 0 saturated carbocycles. The first-order valence-electron chi connectivity index (χ1n) is 6.80. The van der Waals surface area contributed by atoms with Crippen molar-refractivity contribution in [1.29, 1.82) is 0 Å². The maximum Gasteiger partial charge on any atom is 0.181 e. The molecule has 110 valence electrons. The molecule has 0 atom stereocenters. The number of nitrogens with two attached hydrogens (primary N) is 1. The Bertz CT molecular complexity index is 873. The monoisotopic (exact) mass is 309 g/mol. The number of anilines is 2. The fourth-order valence-electron chi connectivity index (χ4n) is 2.07. The van der Waals surface area contributed by atoms with Crippen molar-refractivity contribution in [3.05, 3.63) is 47.5 Å². The summed E-state index contributed by atoms with van der Waals surface area (Å²) in [5.41, 5.74) is 9.20. The normalized spacial score (nSPS) is 10.2. The summed E-state index contributed by atoms with van der Waals surface area (Å²) in [5.74, 6) is 6.19. The highest BCUT2D eigenvalue weighted by Gasteiger charge is 2.07. The third kappa shape index (κ3) is 3.13. The third-order valence-electron chi connectivity index (χ3n) is 3.16. The summed E-state index contributed by atoms with van der Waals surface area (Å²) >= 11 is 1.34. The van der Waals surface area contributed by atoms with Gasteiger partial charge in [-0.3, -0.25) is 0 Å². The van der Waals surface area contributed by atoms with Crippen molar-refractivity contribution in [2.24, 2.45) is 0 Å². The lowest BCUT2D eigenvalue weighted by atomic mass is 10.2. The molecule has 0 bridgehead atoms. The molecule has 4 N–H and O–H groups in total. The Hall–Kier alpha value is -2.71. The maximum atomic E-state index is 9.93. The van der Waals surface area contributed by atoms with E-state index in [9.17, 15) is 5.11 Å². The summed E-state index contributed by atoms with van der Waals surface area (Å²) < 4.78 is 0.841. The highest BCUT2D eigenvalue weighted by atomic mass is 32.1. The Morgan fingerprint density at radius 1 is 1.27 bits per heavy atom. The highest BCUT2D eigenvalue weighted by Crippen LogP contribution is 2.31. The molecule has 1 aromatic heterocycles. The number of phenols is 1. The number of nitrogens with zero attached hydrogens (tertiary/aromatic N) is 1. The summed E-state index contributed by atoms with van der Waals surface area (Å²) in [7, 11) is 0. The summed E-state index contributed by atoms with van der Waals surface area (Å²) in [5, 5.41) is 13.6. The molecule has 0 spiro atoms. The molecule has 0 aliphatic heterocycles. The lowest BCUT2D eigenvalue weighted by Gasteiger charge is -2.01. The van der Waals surface area contributed by atoms with Gasteiger partial charge in [0.05, 0.1) is 11.2 Å². The van der Waals surface area contributed by atoms with Crippen molar-refractivity contribution in [2.75, 3.05) is 17.6 Å². The Kier molecular flexibility index (Phi) is 3.86. The van der Waals surface area contributed by atoms with Crippen LogP contribution in [0.2, 0.25) is 0 Å². The van der Waals surface area contributed by atoms with Gasteiger partial charge in [0.15, 0.2) is 5.13 Å². The van der Waals surface area contributed by atoms with Crippen LogP contribution in [0.3, 0.4) is 0 Å². The molecule has 0 aliphatic carbocycles. The van der Waals surface area contributed by atoms with Crippen LogP contribution >= 0.6 is 11.3 Å². The zero-order valence-electron chi connectivity index (χ0n) is 12.1. The number of nitrogens with one attached hydrogen (secondary N) is 1. The average molecular weight is 309 g/mol. The number of aryl methyl sites for hydroxylation is 1. The Morgan fingerprint density at radius 3 is 2.82 bits per heavy atom. The molecule has 3 aromatic rings. The van der Waals surface area contributed by atoms with Gasteiger partial charge in [-0.1, -0.05) is 40.9 Å². The van der Waals surface area contributed by atoms with Crippen LogP contribution in [-0.4, -0.2) is 16.6 Å². The fourth-order valence-corrected chi connectivity index (χ4v) is 2.86. The second-order valence-electron chi connectivity index (χ2n) is 4.92. The molecule has 0 amide bonds. The van der Waals surface area contributed by atoms with E-state index in [1.165, 1.54) is 16.9 Å². The van der Waals surface area contributed by atoms with E-state index in [0.717, 1.165) is 16.0 Å². The number of thiazole rings is 1. The molecule has 4 nitrogen and oxygen atoms in total. The molecule has 22 heavy (non-hydrogen) atoms. The molecule has 3 rings (SSSR count). The van der Waals surface area contributed by atoms with Crippen LogP contribution in [0.4, 0.5) is 10.8 Å². The number of hydrogen-bond donors (Lipinski definition) is 3. The number of benzene rings is 2. The molecule has 1 heterocycles. The number of nitrogen functional groups attached to an aromatic ring is 1. The van der Waals surface area contributed by atoms with E-state index in [0.29, 0.717) is 17.2 Å². The number of hydrogen-bond acceptors (Lipinski definition) is 5. The topological polar surface area (TPSA) is 71.2 Å². The standard InChI is InChI=1S/C17H15N3OS/c1-11-4-6-13(7-5-11)19-8-2-3-12-9-14(21)16-15(10-12)22-17(18)20-16/h4-7,9-10,19,21H,8H2,1H3,(H2,18,20). The molecule has 2 aromatic carbocycles. The van der Waals surface area contributed by atoms with Crippen molar-refractivity contribution in [1.82, 2.24) is 4.98 Å². The van der Waals surface area contributed by atoms with E-state index >= 15 is 0 Å². The van der Waals surface area contributed by atoms with E-state index in [4.69, 9.17) is 5.73 Å². The molecule has 0 unspecified atom stereocenters. The van der Waals surface area contributed by atoms with Crippen molar-refractivity contribution in [3.63, 3.8) is 0 Å². The minimum atomic E-state index is 0.112. The molecule has 0 radical (unpaired) electrons. The van der Waals surface area contributed by atoms with Gasteiger partial charge in [0.1, 0.15) is 11.3 Å². The van der Waals surface area contributed by atoms with Gasteiger partial charge in [0.2, 0.25) is 0 Å². The van der Waals surface area contributed by atoms with Crippen molar-refractivity contribution in [3.8, 4) is 17.6 Å². The van der Waals surface area contributed by atoms with Crippen LogP contribution in [0.1, 0.15) is 11.1 Å². The number of aromatic hydroxyl groups is 1. The van der Waals surface area contributed by atoms with Gasteiger partial charge < -0.3 is 16.2 Å². The molecule has 0 aliphatic rings. The van der Waals surface area contributed by atoms with Gasteiger partial charge >= 0.3 is 0 Å². The first-order valence-corrected chi connectivity index (χ1v) is 7.62. The predicted molar refractivity (Wildman–Crippen MR) is 92.2 cm³/mol. The average Bonchev–Trinajstić information content (AvgIpc) is 2.86. The first kappa shape index (κ1) is 14.2. The summed E-state index contributed by atoms with van der Waals surface area (Å²) in [6, 6.07) is 11.7. The van der Waals surface area contributed by atoms with Gasteiger partial charge in [-0.15, -0.1) is 0 Å². The van der Waals surface area contributed by atoms with E-state index in [1.807, 2.05) is 18.2 Å². The van der Waals surface area contributed by atoms with Crippen molar-refractivity contribution in [2.45, 2.75) is 6.92 Å². The van der Waals surface area contributed by atoms with Gasteiger partial charge in [0.25, 0.3) is 0 Å². The van der Waals surface area contributed by atoms with Gasteiger partial charge in [-0.2, -0.15) is 0 Å². The Morgan fingerprint density at radius 2 is 2.05 bits per heavy atom. The second-order valence-corrected chi connectivity index (χ2v) is 5.98. The quantitative estimate of drug-likeness (QED) is 0.635. The fraction of sp³-hybridized carbons (Fsp3) is 0.118. The highest BCUT2D eigenvalue weighted by molar-refractivity contribution is 7.22. The van der Waals surface area contributed by atoms with E-state index in [1.54, 1.807) is 6.07 Å². The van der Waals surface area contributed by atoms with Crippen LogP contribution in [0, 0.1) is 18.8 Å². The van der Waals surface area contributed by atoms with Gasteiger partial charge in [0, 0.05) is 11.3 Å². The van der Waals surface area contributed by atoms with Crippen molar-refractivity contribution >= 4 is 32.4 Å². The number of fused-ring (bicyclic) bond motifs is 1. The summed E-state index contributed by atoms with van der Waals surface area (Å²) in [4.78, 5) is 4.08. The maximum absolute atomic E-state index is 9.93. The summed E-state index contributed by atoms with van der Waals surface area (Å²) in [6.45, 7) is 2.59. The minimum Gasteiger partial charge on any atom is -0.506 e. The SMILES string of the molecule is Cc1ccc(NCC#Cc2cc(O)c3nc(N)sc3c2)cc1. The van der Waals surface area contributed by atoms with Crippen LogP contribution in [0.15, 0.2) is 36.4 Å². The van der Waals surface area contributed by atoms with Gasteiger partial charge in [-0.05, 0) is 31.2 Å². The van der Waals surface area contributed by atoms with Gasteiger partial charge in [-0.25, -0.2) is 4.98 Å². The third-order valence-corrected chi connectivity index (χ3v) is 3.99. The lowest BCUT2D eigenvalue weighted by Crippen LogP contribution is -1.98. The minimum absolute atomic E-state index is 0.112. The molecule has 5 heteroatoms. The lowest BCUT2D eigenvalue weighted by molar-refractivity contribution is 0.480. The largest absolute Gasteiger partial charge is 0.506 e. The molecule has 0 saturated heterocycles. The van der Waals surface area contributed by atoms with E-state index in [2.05, 4.69) is 41.2 Å². The molecular weight excluding hydrogens is 294 g/mol. The molecule has 0 fully saturated rings. The smallest absolute Gasteiger partial charge is 0.181 e. The number of rotatable bonds is 2. The number of phenolic OH excluding ortho intramolecular Hbond substituents is 1. The predicted octanol–water partition coefficient (Wildman–Crippen LogP) is 3.36. The van der Waals surface area contributed by atoms with Crippen molar-refractivity contribution < 1.29 is 5.11 Å². The zero-order valence-corrected chi connectivity index (χ0v) is 12.9. The van der Waals surface area contributed by atoms with Crippen LogP contribution in [0.5, 0.6) is 5.75 Å². The Labute approximate surface area is 132 Å². The summed E-state index contributed by atoms with van der Waals surface area (Å²) in [6.07, 6.45) is 0. The van der Waals surface area contributed by atoms with E-state index < -0.39 is 0 Å². The van der Waals surface area contributed by atoms with Crippen LogP contribution in [-0.2, 0) is 0 Å². The first-order chi connectivity index (χ1) is 10.6. The van der Waals surface area contributed by atoms with E-state index in [-0.39, 0.29) is 5.75 Å². The van der Waals surface area contributed by atoms with Crippen LogP contribution in [0.25, 0.3) is 10.2 Å². The zero-order chi connectivity index (χ0) is 15.5. The second kappa shape index (κ2) is 5.96. The molecular formula is C17H15N3OS. The van der Waals surface area contributed by atoms with Crippen LogP contribution < -0.4 is 11.1 Å². The Balaban J connectivity index is 1.72.